The number of fused-ring (bicyclic) bond motifs is 1. The Morgan fingerprint density at radius 3 is 2.61 bits per heavy atom. The summed E-state index contributed by atoms with van der Waals surface area (Å²) >= 11 is 5.83. The molecule has 0 spiro atoms. The van der Waals surface area contributed by atoms with Gasteiger partial charge in [0.1, 0.15) is 0 Å². The van der Waals surface area contributed by atoms with Crippen LogP contribution in [0, 0.1) is 0 Å². The lowest BCUT2D eigenvalue weighted by molar-refractivity contribution is -0.137. The van der Waals surface area contributed by atoms with Crippen LogP contribution in [0.15, 0.2) is 48.5 Å². The average molecular weight is 329 g/mol. The molecular formula is C18H17ClN2O2. The molecule has 0 saturated heterocycles. The predicted molar refractivity (Wildman–Crippen MR) is 90.4 cm³/mol. The van der Waals surface area contributed by atoms with E-state index in [4.69, 9.17) is 11.6 Å². The van der Waals surface area contributed by atoms with E-state index in [1.54, 1.807) is 17.0 Å². The van der Waals surface area contributed by atoms with Gasteiger partial charge in [0.2, 0.25) is 0 Å². The lowest BCUT2D eigenvalue weighted by atomic mass is 10.1. The standard InChI is InChI=1S/C18H17ClN2O2/c1-12-10-14-4-2-3-5-16(14)21(12)18(23)17(22)20-11-13-6-8-15(19)9-7-13/h2-9,12H,10-11H2,1H3,(H,20,22). The fourth-order valence-corrected chi connectivity index (χ4v) is 2.97. The zero-order valence-electron chi connectivity index (χ0n) is 12.8. The molecule has 0 aromatic heterocycles. The average Bonchev–Trinajstić information content (AvgIpc) is 2.89. The van der Waals surface area contributed by atoms with Crippen molar-refractivity contribution < 1.29 is 9.59 Å². The van der Waals surface area contributed by atoms with Crippen LogP contribution in [0.2, 0.25) is 5.02 Å². The Balaban J connectivity index is 1.68. The Morgan fingerprint density at radius 1 is 1.17 bits per heavy atom. The van der Waals surface area contributed by atoms with Gasteiger partial charge in [-0.2, -0.15) is 0 Å². The number of hydrogen-bond acceptors (Lipinski definition) is 2. The van der Waals surface area contributed by atoms with E-state index in [9.17, 15) is 9.59 Å². The third-order valence-electron chi connectivity index (χ3n) is 3.99. The van der Waals surface area contributed by atoms with Crippen molar-refractivity contribution in [1.82, 2.24) is 5.32 Å². The number of anilines is 1. The van der Waals surface area contributed by atoms with Gasteiger partial charge in [-0.15, -0.1) is 0 Å². The fraction of sp³-hybridized carbons (Fsp3) is 0.222. The minimum Gasteiger partial charge on any atom is -0.344 e. The number of carbonyl (C=O) groups is 2. The first kappa shape index (κ1) is 15.6. The second-order valence-corrected chi connectivity index (χ2v) is 6.10. The van der Waals surface area contributed by atoms with Crippen LogP contribution in [0.4, 0.5) is 5.69 Å². The molecule has 1 N–H and O–H groups in total. The third kappa shape index (κ3) is 3.22. The van der Waals surface area contributed by atoms with Crippen molar-refractivity contribution in [2.75, 3.05) is 4.90 Å². The topological polar surface area (TPSA) is 49.4 Å². The maximum atomic E-state index is 12.5. The molecule has 0 radical (unpaired) electrons. The second kappa shape index (κ2) is 6.42. The molecule has 4 nitrogen and oxygen atoms in total. The first-order valence-corrected chi connectivity index (χ1v) is 7.88. The summed E-state index contributed by atoms with van der Waals surface area (Å²) in [6.45, 7) is 2.25. The van der Waals surface area contributed by atoms with Crippen molar-refractivity contribution in [2.45, 2.75) is 25.9 Å². The maximum Gasteiger partial charge on any atom is 0.316 e. The summed E-state index contributed by atoms with van der Waals surface area (Å²) in [7, 11) is 0. The zero-order valence-corrected chi connectivity index (χ0v) is 13.5. The van der Waals surface area contributed by atoms with Crippen LogP contribution >= 0.6 is 11.6 Å². The summed E-state index contributed by atoms with van der Waals surface area (Å²) in [5, 5.41) is 3.31. The Morgan fingerprint density at radius 2 is 1.87 bits per heavy atom. The molecule has 2 amide bonds. The molecule has 2 aromatic carbocycles. The molecule has 0 fully saturated rings. The minimum atomic E-state index is -0.594. The molecule has 118 valence electrons. The van der Waals surface area contributed by atoms with E-state index in [1.807, 2.05) is 43.3 Å². The molecule has 1 atom stereocenters. The predicted octanol–water partition coefficient (Wildman–Crippen LogP) is 2.93. The summed E-state index contributed by atoms with van der Waals surface area (Å²) in [6, 6.07) is 14.8. The number of amides is 2. The van der Waals surface area contributed by atoms with E-state index in [1.165, 1.54) is 0 Å². The highest BCUT2D eigenvalue weighted by Crippen LogP contribution is 2.31. The number of halogens is 1. The Kier molecular flexibility index (Phi) is 4.35. The number of nitrogens with one attached hydrogen (secondary N) is 1. The van der Waals surface area contributed by atoms with E-state index < -0.39 is 11.8 Å². The molecule has 0 bridgehead atoms. The molecule has 3 rings (SSSR count). The first-order valence-electron chi connectivity index (χ1n) is 7.50. The number of carbonyl (C=O) groups excluding carboxylic acids is 2. The summed E-state index contributed by atoms with van der Waals surface area (Å²) < 4.78 is 0. The van der Waals surface area contributed by atoms with Gasteiger partial charge < -0.3 is 10.2 Å². The molecule has 1 unspecified atom stereocenters. The molecule has 0 aliphatic carbocycles. The lowest BCUT2D eigenvalue weighted by Gasteiger charge is -2.22. The molecule has 1 aliphatic rings. The molecule has 1 aliphatic heterocycles. The van der Waals surface area contributed by atoms with Crippen molar-refractivity contribution in [3.8, 4) is 0 Å². The molecule has 0 saturated carbocycles. The molecule has 5 heteroatoms. The highest BCUT2D eigenvalue weighted by atomic mass is 35.5. The van der Waals surface area contributed by atoms with E-state index in [0.717, 1.165) is 23.2 Å². The van der Waals surface area contributed by atoms with Gasteiger partial charge in [0.05, 0.1) is 0 Å². The van der Waals surface area contributed by atoms with Gasteiger partial charge in [-0.3, -0.25) is 9.59 Å². The van der Waals surface area contributed by atoms with Gasteiger partial charge in [-0.1, -0.05) is 41.9 Å². The first-order chi connectivity index (χ1) is 11.1. The quantitative estimate of drug-likeness (QED) is 0.862. The van der Waals surface area contributed by atoms with Crippen LogP contribution in [0.3, 0.4) is 0 Å². The number of para-hydroxylation sites is 1. The Hall–Kier alpha value is -2.33. The van der Waals surface area contributed by atoms with Crippen LogP contribution in [-0.2, 0) is 22.6 Å². The monoisotopic (exact) mass is 328 g/mol. The number of benzene rings is 2. The summed E-state index contributed by atoms with van der Waals surface area (Å²) in [5.41, 5.74) is 2.82. The Labute approximate surface area is 140 Å². The van der Waals surface area contributed by atoms with Gasteiger partial charge >= 0.3 is 11.8 Å². The number of hydrogen-bond donors (Lipinski definition) is 1. The van der Waals surface area contributed by atoms with Gasteiger partial charge in [0, 0.05) is 23.3 Å². The molecule has 23 heavy (non-hydrogen) atoms. The molecule has 2 aromatic rings. The summed E-state index contributed by atoms with van der Waals surface area (Å²) in [6.07, 6.45) is 0.770. The highest BCUT2D eigenvalue weighted by molar-refractivity contribution is 6.40. The van der Waals surface area contributed by atoms with E-state index in [-0.39, 0.29) is 6.04 Å². The van der Waals surface area contributed by atoms with Crippen molar-refractivity contribution >= 4 is 29.1 Å². The van der Waals surface area contributed by atoms with Crippen LogP contribution < -0.4 is 10.2 Å². The SMILES string of the molecule is CC1Cc2ccccc2N1C(=O)C(=O)NCc1ccc(Cl)cc1. The smallest absolute Gasteiger partial charge is 0.316 e. The zero-order chi connectivity index (χ0) is 16.4. The van der Waals surface area contributed by atoms with Crippen LogP contribution in [-0.4, -0.2) is 17.9 Å². The number of nitrogens with zero attached hydrogens (tertiary/aromatic N) is 1. The van der Waals surface area contributed by atoms with Gasteiger partial charge in [-0.25, -0.2) is 0 Å². The lowest BCUT2D eigenvalue weighted by Crippen LogP contribution is -2.45. The molecule has 1 heterocycles. The van der Waals surface area contributed by atoms with Crippen molar-refractivity contribution in [3.63, 3.8) is 0 Å². The van der Waals surface area contributed by atoms with E-state index in [2.05, 4.69) is 5.32 Å². The van der Waals surface area contributed by atoms with Gasteiger partial charge in [-0.05, 0) is 42.7 Å². The van der Waals surface area contributed by atoms with Crippen molar-refractivity contribution in [3.05, 3.63) is 64.7 Å². The third-order valence-corrected chi connectivity index (χ3v) is 4.24. The van der Waals surface area contributed by atoms with Crippen LogP contribution in [0.5, 0.6) is 0 Å². The summed E-state index contributed by atoms with van der Waals surface area (Å²) in [5.74, 6) is -1.11. The number of rotatable bonds is 2. The van der Waals surface area contributed by atoms with E-state index in [0.29, 0.717) is 11.6 Å². The van der Waals surface area contributed by atoms with Crippen molar-refractivity contribution in [2.24, 2.45) is 0 Å². The van der Waals surface area contributed by atoms with Crippen LogP contribution in [0.1, 0.15) is 18.1 Å². The van der Waals surface area contributed by atoms with Crippen molar-refractivity contribution in [1.29, 1.82) is 0 Å². The highest BCUT2D eigenvalue weighted by Gasteiger charge is 2.33. The largest absolute Gasteiger partial charge is 0.344 e. The van der Waals surface area contributed by atoms with E-state index >= 15 is 0 Å². The fourth-order valence-electron chi connectivity index (χ4n) is 2.84. The minimum absolute atomic E-state index is 0.0128. The van der Waals surface area contributed by atoms with Gasteiger partial charge in [0.15, 0.2) is 0 Å². The maximum absolute atomic E-state index is 12.5. The normalized spacial score (nSPS) is 16.1. The van der Waals surface area contributed by atoms with Crippen LogP contribution in [0.25, 0.3) is 0 Å². The molecular weight excluding hydrogens is 312 g/mol. The Bertz CT molecular complexity index is 743. The van der Waals surface area contributed by atoms with Gasteiger partial charge in [0.25, 0.3) is 0 Å². The second-order valence-electron chi connectivity index (χ2n) is 5.67. The summed E-state index contributed by atoms with van der Waals surface area (Å²) in [4.78, 5) is 26.3.